The highest BCUT2D eigenvalue weighted by molar-refractivity contribution is 7.98. The largest absolute Gasteiger partial charge is 0.494 e. The second-order valence-corrected chi connectivity index (χ2v) is 4.75. The first kappa shape index (κ1) is 13.8. The Morgan fingerprint density at radius 2 is 2.21 bits per heavy atom. The van der Waals surface area contributed by atoms with Crippen LogP contribution in [-0.2, 0) is 12.3 Å². The summed E-state index contributed by atoms with van der Waals surface area (Å²) in [6.45, 7) is 3.79. The molecule has 0 amide bonds. The van der Waals surface area contributed by atoms with Gasteiger partial charge in [0.25, 0.3) is 0 Å². The molecule has 0 fully saturated rings. The van der Waals surface area contributed by atoms with Crippen LogP contribution in [0.3, 0.4) is 0 Å². The number of nitrogens with zero attached hydrogens (tertiary/aromatic N) is 4. The summed E-state index contributed by atoms with van der Waals surface area (Å²) in [4.78, 5) is 0. The van der Waals surface area contributed by atoms with Crippen LogP contribution in [0, 0.1) is 0 Å². The van der Waals surface area contributed by atoms with Crippen LogP contribution in [0.5, 0.6) is 5.75 Å². The van der Waals surface area contributed by atoms with Crippen molar-refractivity contribution in [1.82, 2.24) is 20.2 Å². The molecular weight excluding hydrogens is 262 g/mol. The first-order valence-electron chi connectivity index (χ1n) is 6.15. The molecule has 2 N–H and O–H groups in total. The number of nitrogens with two attached hydrogens (primary N) is 1. The summed E-state index contributed by atoms with van der Waals surface area (Å²) in [6, 6.07) is 8.00. The van der Waals surface area contributed by atoms with Crippen molar-refractivity contribution in [1.29, 1.82) is 0 Å². The Morgan fingerprint density at radius 3 is 3.00 bits per heavy atom. The zero-order valence-corrected chi connectivity index (χ0v) is 11.6. The lowest BCUT2D eigenvalue weighted by Gasteiger charge is -2.09. The lowest BCUT2D eigenvalue weighted by Crippen LogP contribution is -2.12. The molecule has 0 unspecified atom stereocenters. The SMILES string of the molecule is CCOc1ccccc1CSc1nnnn1CCN. The van der Waals surface area contributed by atoms with Gasteiger partial charge in [-0.15, -0.1) is 5.10 Å². The van der Waals surface area contributed by atoms with Crippen molar-refractivity contribution in [2.75, 3.05) is 13.2 Å². The highest BCUT2D eigenvalue weighted by atomic mass is 32.2. The molecule has 0 radical (unpaired) electrons. The predicted octanol–water partition coefficient (Wildman–Crippen LogP) is 1.32. The highest BCUT2D eigenvalue weighted by Crippen LogP contribution is 2.26. The van der Waals surface area contributed by atoms with E-state index in [2.05, 4.69) is 21.6 Å². The summed E-state index contributed by atoms with van der Waals surface area (Å²) < 4.78 is 7.31. The number of thioether (sulfide) groups is 1. The highest BCUT2D eigenvalue weighted by Gasteiger charge is 2.08. The molecule has 0 saturated heterocycles. The Labute approximate surface area is 116 Å². The lowest BCUT2D eigenvalue weighted by molar-refractivity contribution is 0.337. The van der Waals surface area contributed by atoms with Crippen molar-refractivity contribution >= 4 is 11.8 Å². The number of benzene rings is 1. The van der Waals surface area contributed by atoms with Crippen LogP contribution >= 0.6 is 11.8 Å². The molecule has 0 aliphatic heterocycles. The van der Waals surface area contributed by atoms with Gasteiger partial charge in [-0.2, -0.15) is 0 Å². The molecule has 0 aliphatic carbocycles. The van der Waals surface area contributed by atoms with Crippen LogP contribution in [0.2, 0.25) is 0 Å². The second-order valence-electron chi connectivity index (χ2n) is 3.80. The van der Waals surface area contributed by atoms with Crippen LogP contribution in [0.1, 0.15) is 12.5 Å². The van der Waals surface area contributed by atoms with Gasteiger partial charge in [-0.05, 0) is 23.4 Å². The first-order chi connectivity index (χ1) is 9.35. The zero-order chi connectivity index (χ0) is 13.5. The van der Waals surface area contributed by atoms with E-state index in [4.69, 9.17) is 10.5 Å². The van der Waals surface area contributed by atoms with Crippen LogP contribution < -0.4 is 10.5 Å². The summed E-state index contributed by atoms with van der Waals surface area (Å²) in [5.41, 5.74) is 6.65. The van der Waals surface area contributed by atoms with Gasteiger partial charge in [0.2, 0.25) is 5.16 Å². The van der Waals surface area contributed by atoms with E-state index >= 15 is 0 Å². The molecular formula is C12H17N5OS. The van der Waals surface area contributed by atoms with Crippen LogP contribution in [0.4, 0.5) is 0 Å². The van der Waals surface area contributed by atoms with Gasteiger partial charge < -0.3 is 10.5 Å². The number of para-hydroxylation sites is 1. The molecule has 2 rings (SSSR count). The minimum absolute atomic E-state index is 0.522. The van der Waals surface area contributed by atoms with Crippen LogP contribution in [0.25, 0.3) is 0 Å². The molecule has 102 valence electrons. The fraction of sp³-hybridized carbons (Fsp3) is 0.417. The standard InChI is InChI=1S/C12H17N5OS/c1-2-18-11-6-4-3-5-10(11)9-19-12-14-15-16-17(12)8-7-13/h3-6H,2,7-9,13H2,1H3. The van der Waals surface area contributed by atoms with E-state index in [9.17, 15) is 0 Å². The molecule has 1 heterocycles. The van der Waals surface area contributed by atoms with Crippen molar-refractivity contribution in [3.05, 3.63) is 29.8 Å². The molecule has 6 nitrogen and oxygen atoms in total. The van der Waals surface area contributed by atoms with Gasteiger partial charge in [-0.1, -0.05) is 30.0 Å². The van der Waals surface area contributed by atoms with Crippen molar-refractivity contribution in [2.24, 2.45) is 5.73 Å². The zero-order valence-electron chi connectivity index (χ0n) is 10.8. The third kappa shape index (κ3) is 3.68. The average molecular weight is 279 g/mol. The Balaban J connectivity index is 2.03. The smallest absolute Gasteiger partial charge is 0.209 e. The summed E-state index contributed by atoms with van der Waals surface area (Å²) >= 11 is 1.58. The monoisotopic (exact) mass is 279 g/mol. The summed E-state index contributed by atoms with van der Waals surface area (Å²) in [7, 11) is 0. The maximum atomic E-state index is 5.59. The van der Waals surface area contributed by atoms with Crippen LogP contribution in [0.15, 0.2) is 29.4 Å². The minimum atomic E-state index is 0.522. The Bertz CT molecular complexity index is 516. The van der Waals surface area contributed by atoms with Gasteiger partial charge in [-0.25, -0.2) is 4.68 Å². The lowest BCUT2D eigenvalue weighted by atomic mass is 10.2. The Hall–Kier alpha value is -1.60. The van der Waals surface area contributed by atoms with E-state index in [0.29, 0.717) is 19.7 Å². The van der Waals surface area contributed by atoms with Gasteiger partial charge in [0.1, 0.15) is 5.75 Å². The van der Waals surface area contributed by atoms with Crippen molar-refractivity contribution < 1.29 is 4.74 Å². The molecule has 7 heteroatoms. The summed E-state index contributed by atoms with van der Waals surface area (Å²) in [5.74, 6) is 1.68. The molecule has 2 aromatic rings. The Kier molecular flexibility index (Phi) is 5.17. The normalized spacial score (nSPS) is 10.6. The summed E-state index contributed by atoms with van der Waals surface area (Å²) in [6.07, 6.45) is 0. The number of tetrazole rings is 1. The molecule has 0 bridgehead atoms. The number of hydrogen-bond acceptors (Lipinski definition) is 6. The van der Waals surface area contributed by atoms with Crippen LogP contribution in [-0.4, -0.2) is 33.4 Å². The maximum Gasteiger partial charge on any atom is 0.209 e. The molecule has 0 spiro atoms. The van der Waals surface area contributed by atoms with Gasteiger partial charge in [0, 0.05) is 17.9 Å². The van der Waals surface area contributed by atoms with Gasteiger partial charge >= 0.3 is 0 Å². The van der Waals surface area contributed by atoms with Crippen molar-refractivity contribution in [3.8, 4) is 5.75 Å². The van der Waals surface area contributed by atoms with Crippen molar-refractivity contribution in [2.45, 2.75) is 24.4 Å². The number of aromatic nitrogens is 4. The quantitative estimate of drug-likeness (QED) is 0.770. The molecule has 1 aromatic heterocycles. The minimum Gasteiger partial charge on any atom is -0.494 e. The second kappa shape index (κ2) is 7.10. The molecule has 19 heavy (non-hydrogen) atoms. The Morgan fingerprint density at radius 1 is 1.37 bits per heavy atom. The number of rotatable bonds is 7. The fourth-order valence-corrected chi connectivity index (χ4v) is 2.52. The van der Waals surface area contributed by atoms with E-state index in [-0.39, 0.29) is 0 Å². The topological polar surface area (TPSA) is 78.9 Å². The summed E-state index contributed by atoms with van der Waals surface area (Å²) in [5, 5.41) is 12.3. The van der Waals surface area contributed by atoms with E-state index in [1.807, 2.05) is 25.1 Å². The number of ether oxygens (including phenoxy) is 1. The maximum absolute atomic E-state index is 5.59. The van der Waals surface area contributed by atoms with E-state index in [1.54, 1.807) is 16.4 Å². The van der Waals surface area contributed by atoms with E-state index in [0.717, 1.165) is 22.2 Å². The average Bonchev–Trinajstić information content (AvgIpc) is 2.86. The predicted molar refractivity (Wildman–Crippen MR) is 74.0 cm³/mol. The van der Waals surface area contributed by atoms with E-state index in [1.165, 1.54) is 0 Å². The van der Waals surface area contributed by atoms with Gasteiger partial charge in [0.15, 0.2) is 0 Å². The third-order valence-corrected chi connectivity index (χ3v) is 3.48. The third-order valence-electron chi connectivity index (χ3n) is 2.47. The molecule has 0 aliphatic rings. The van der Waals surface area contributed by atoms with Crippen molar-refractivity contribution in [3.63, 3.8) is 0 Å². The molecule has 0 saturated carbocycles. The fourth-order valence-electron chi connectivity index (χ4n) is 1.62. The van der Waals surface area contributed by atoms with Gasteiger partial charge in [0.05, 0.1) is 13.2 Å². The first-order valence-corrected chi connectivity index (χ1v) is 7.13. The van der Waals surface area contributed by atoms with Gasteiger partial charge in [-0.3, -0.25) is 0 Å². The number of hydrogen-bond donors (Lipinski definition) is 1. The molecule has 0 atom stereocenters. The molecule has 1 aromatic carbocycles. The van der Waals surface area contributed by atoms with E-state index < -0.39 is 0 Å².